The van der Waals surface area contributed by atoms with Gasteiger partial charge in [-0.15, -0.1) is 0 Å². The number of nitrogen functional groups attached to an aromatic ring is 1. The Hall–Kier alpha value is -3.14. The number of hydrogen-bond donors (Lipinski definition) is 2. The van der Waals surface area contributed by atoms with Gasteiger partial charge in [0.25, 0.3) is 5.91 Å². The average Bonchev–Trinajstić information content (AvgIpc) is 2.64. The van der Waals surface area contributed by atoms with Gasteiger partial charge in [-0.05, 0) is 37.8 Å². The first-order chi connectivity index (χ1) is 12.2. The van der Waals surface area contributed by atoms with Gasteiger partial charge in [0.05, 0.1) is 11.7 Å². The Morgan fingerprint density at radius 2 is 1.92 bits per heavy atom. The molecule has 1 aromatic carbocycles. The van der Waals surface area contributed by atoms with E-state index < -0.39 is 0 Å². The molecule has 1 aromatic heterocycles. The van der Waals surface area contributed by atoms with Crippen LogP contribution in [0.3, 0.4) is 0 Å². The van der Waals surface area contributed by atoms with E-state index in [2.05, 4.69) is 21.4 Å². The molecule has 1 amide bonds. The third kappa shape index (κ3) is 4.04. The summed E-state index contributed by atoms with van der Waals surface area (Å²) in [7, 11) is 0. The summed E-state index contributed by atoms with van der Waals surface area (Å²) >= 11 is 0. The van der Waals surface area contributed by atoms with E-state index in [0.717, 1.165) is 25.7 Å². The molecule has 7 heteroatoms. The first-order valence-electron chi connectivity index (χ1n) is 8.20. The van der Waals surface area contributed by atoms with Gasteiger partial charge in [-0.2, -0.15) is 5.26 Å². The van der Waals surface area contributed by atoms with Crippen molar-refractivity contribution in [3.63, 3.8) is 0 Å². The van der Waals surface area contributed by atoms with E-state index in [1.54, 1.807) is 6.07 Å². The normalized spacial score (nSPS) is 19.6. The third-order valence-corrected chi connectivity index (χ3v) is 4.25. The van der Waals surface area contributed by atoms with E-state index in [1.165, 1.54) is 12.4 Å². The molecule has 2 aromatic rings. The second-order valence-electron chi connectivity index (χ2n) is 5.96. The molecule has 128 valence electrons. The largest absolute Gasteiger partial charge is 0.489 e. The van der Waals surface area contributed by atoms with Crippen molar-refractivity contribution in [1.29, 1.82) is 5.26 Å². The van der Waals surface area contributed by atoms with Gasteiger partial charge in [0.2, 0.25) is 0 Å². The molecule has 7 nitrogen and oxygen atoms in total. The van der Waals surface area contributed by atoms with Gasteiger partial charge in [-0.25, -0.2) is 9.97 Å². The lowest BCUT2D eigenvalue weighted by atomic mass is 9.92. The highest BCUT2D eigenvalue weighted by Crippen LogP contribution is 2.26. The number of nitrogens with zero attached hydrogens (tertiary/aromatic N) is 3. The predicted octanol–water partition coefficient (Wildman–Crippen LogP) is 2.05. The molecule has 3 N–H and O–H groups in total. The van der Waals surface area contributed by atoms with Gasteiger partial charge in [-0.1, -0.05) is 12.1 Å². The number of anilines is 1. The van der Waals surface area contributed by atoms with Crippen LogP contribution in [0, 0.1) is 11.3 Å². The second kappa shape index (κ2) is 7.62. The zero-order chi connectivity index (χ0) is 17.6. The van der Waals surface area contributed by atoms with E-state index in [1.807, 2.05) is 18.2 Å². The van der Waals surface area contributed by atoms with Crippen LogP contribution in [0.15, 0.2) is 36.7 Å². The van der Waals surface area contributed by atoms with Crippen molar-refractivity contribution in [3.8, 4) is 11.8 Å². The lowest BCUT2D eigenvalue weighted by Gasteiger charge is -2.29. The Balaban J connectivity index is 1.53. The summed E-state index contributed by atoms with van der Waals surface area (Å²) in [6.45, 7) is 0. The van der Waals surface area contributed by atoms with Crippen LogP contribution < -0.4 is 15.8 Å². The number of rotatable bonds is 4. The molecular weight excluding hydrogens is 318 g/mol. The Kier molecular flexibility index (Phi) is 5.09. The first kappa shape index (κ1) is 16.7. The fraction of sp³-hybridized carbons (Fsp3) is 0.333. The molecule has 25 heavy (non-hydrogen) atoms. The van der Waals surface area contributed by atoms with Crippen molar-refractivity contribution in [1.82, 2.24) is 15.3 Å². The smallest absolute Gasteiger partial charge is 0.273 e. The van der Waals surface area contributed by atoms with Crippen molar-refractivity contribution in [2.24, 2.45) is 0 Å². The highest BCUT2D eigenvalue weighted by Gasteiger charge is 2.25. The van der Waals surface area contributed by atoms with Gasteiger partial charge in [0.15, 0.2) is 11.5 Å². The number of carbonyl (C=O) groups is 1. The van der Waals surface area contributed by atoms with E-state index in [4.69, 9.17) is 15.7 Å². The van der Waals surface area contributed by atoms with Gasteiger partial charge >= 0.3 is 0 Å². The maximum atomic E-state index is 12.2. The molecule has 0 unspecified atom stereocenters. The van der Waals surface area contributed by atoms with Crippen LogP contribution in [0.1, 0.15) is 41.7 Å². The molecule has 0 bridgehead atoms. The molecule has 1 aliphatic rings. The number of ether oxygens (including phenoxy) is 1. The van der Waals surface area contributed by atoms with Crippen LogP contribution in [0.25, 0.3) is 0 Å². The molecule has 0 spiro atoms. The van der Waals surface area contributed by atoms with E-state index in [9.17, 15) is 4.79 Å². The number of nitriles is 1. The van der Waals surface area contributed by atoms with Crippen molar-refractivity contribution < 1.29 is 9.53 Å². The molecule has 0 aliphatic heterocycles. The zero-order valence-electron chi connectivity index (χ0n) is 13.7. The number of nitrogens with two attached hydrogens (primary N) is 1. The quantitative estimate of drug-likeness (QED) is 0.882. The Morgan fingerprint density at radius 1 is 1.20 bits per heavy atom. The van der Waals surface area contributed by atoms with E-state index >= 15 is 0 Å². The first-order valence-corrected chi connectivity index (χ1v) is 8.20. The fourth-order valence-electron chi connectivity index (χ4n) is 2.94. The van der Waals surface area contributed by atoms with E-state index in [-0.39, 0.29) is 29.6 Å². The Morgan fingerprint density at radius 3 is 2.64 bits per heavy atom. The number of hydrogen-bond acceptors (Lipinski definition) is 6. The molecule has 1 fully saturated rings. The number of carbonyl (C=O) groups excluding carboxylic acids is 1. The van der Waals surface area contributed by atoms with Crippen LogP contribution in [0.2, 0.25) is 0 Å². The second-order valence-corrected chi connectivity index (χ2v) is 5.96. The summed E-state index contributed by atoms with van der Waals surface area (Å²) in [6, 6.07) is 9.41. The van der Waals surface area contributed by atoms with Crippen molar-refractivity contribution in [2.75, 3.05) is 5.73 Å². The zero-order valence-corrected chi connectivity index (χ0v) is 13.7. The predicted molar refractivity (Wildman–Crippen MR) is 91.7 cm³/mol. The molecule has 0 radical (unpaired) electrons. The fourth-order valence-corrected chi connectivity index (χ4v) is 2.94. The molecule has 0 saturated heterocycles. The van der Waals surface area contributed by atoms with Crippen LogP contribution in [-0.2, 0) is 0 Å². The van der Waals surface area contributed by atoms with Gasteiger partial charge in [-0.3, -0.25) is 4.79 Å². The topological polar surface area (TPSA) is 114 Å². The van der Waals surface area contributed by atoms with Crippen molar-refractivity contribution >= 4 is 11.7 Å². The van der Waals surface area contributed by atoms with Gasteiger partial charge in [0, 0.05) is 18.4 Å². The Bertz CT molecular complexity index is 794. The highest BCUT2D eigenvalue weighted by molar-refractivity contribution is 5.96. The number of nitrogens with one attached hydrogen (secondary N) is 1. The summed E-state index contributed by atoms with van der Waals surface area (Å²) in [4.78, 5) is 20.1. The molecule has 1 aliphatic carbocycles. The minimum Gasteiger partial charge on any atom is -0.489 e. The van der Waals surface area contributed by atoms with E-state index in [0.29, 0.717) is 11.3 Å². The summed E-state index contributed by atoms with van der Waals surface area (Å²) in [6.07, 6.45) is 6.15. The summed E-state index contributed by atoms with van der Waals surface area (Å²) in [5.74, 6) is 0.444. The number of aromatic nitrogens is 2. The van der Waals surface area contributed by atoms with Crippen LogP contribution in [0.5, 0.6) is 5.75 Å². The van der Waals surface area contributed by atoms with Crippen LogP contribution >= 0.6 is 0 Å². The molecular formula is C18H19N5O2. The number of para-hydroxylation sites is 1. The lowest BCUT2D eigenvalue weighted by molar-refractivity contribution is 0.0889. The Labute approximate surface area is 145 Å². The monoisotopic (exact) mass is 337 g/mol. The van der Waals surface area contributed by atoms with Crippen LogP contribution in [-0.4, -0.2) is 28.0 Å². The minimum atomic E-state index is -0.301. The summed E-state index contributed by atoms with van der Waals surface area (Å²) in [5.41, 5.74) is 6.38. The number of amides is 1. The van der Waals surface area contributed by atoms with Crippen molar-refractivity contribution in [2.45, 2.75) is 37.8 Å². The molecule has 0 atom stereocenters. The lowest BCUT2D eigenvalue weighted by Crippen LogP contribution is -2.40. The standard InChI is InChI=1S/C18H19N5O2/c19-11-12-3-1-2-4-15(12)25-14-7-5-13(6-8-14)23-18(24)16-17(20)22-10-9-21-16/h1-4,9-10,13-14H,5-8H2,(H2,20,22)(H,23,24). The van der Waals surface area contributed by atoms with Crippen molar-refractivity contribution in [3.05, 3.63) is 47.9 Å². The molecule has 1 saturated carbocycles. The SMILES string of the molecule is N#Cc1ccccc1OC1CCC(NC(=O)c2nccnc2N)CC1. The van der Waals surface area contributed by atoms with Gasteiger partial charge < -0.3 is 15.8 Å². The van der Waals surface area contributed by atoms with Gasteiger partial charge in [0.1, 0.15) is 11.8 Å². The average molecular weight is 337 g/mol. The molecule has 3 rings (SSSR count). The molecule has 1 heterocycles. The number of benzene rings is 1. The summed E-state index contributed by atoms with van der Waals surface area (Å²) < 4.78 is 5.96. The highest BCUT2D eigenvalue weighted by atomic mass is 16.5. The maximum absolute atomic E-state index is 12.2. The summed E-state index contributed by atoms with van der Waals surface area (Å²) in [5, 5.41) is 12.1. The minimum absolute atomic E-state index is 0.0456. The maximum Gasteiger partial charge on any atom is 0.273 e. The van der Waals surface area contributed by atoms with Crippen LogP contribution in [0.4, 0.5) is 5.82 Å². The third-order valence-electron chi connectivity index (χ3n) is 4.25.